The number of rotatable bonds is 4. The van der Waals surface area contributed by atoms with Crippen molar-refractivity contribution in [3.8, 4) is 0 Å². The number of nitrogens with one attached hydrogen (secondary N) is 1. The van der Waals surface area contributed by atoms with Gasteiger partial charge >= 0.3 is 5.97 Å². The van der Waals surface area contributed by atoms with Crippen LogP contribution in [0.1, 0.15) is 50.4 Å². The number of para-hydroxylation sites is 1. The van der Waals surface area contributed by atoms with Gasteiger partial charge in [0.1, 0.15) is 0 Å². The molecule has 0 radical (unpaired) electrons. The van der Waals surface area contributed by atoms with E-state index in [2.05, 4.69) is 10.3 Å². The number of benzene rings is 2. The van der Waals surface area contributed by atoms with Crippen molar-refractivity contribution in [3.05, 3.63) is 70.4 Å². The monoisotopic (exact) mass is 388 g/mol. The molecule has 1 N–H and O–H groups in total. The van der Waals surface area contributed by atoms with Gasteiger partial charge in [0.2, 0.25) is 5.91 Å². The van der Waals surface area contributed by atoms with Crippen LogP contribution >= 0.6 is 0 Å². The lowest BCUT2D eigenvalue weighted by Gasteiger charge is -2.12. The number of aryl methyl sites for hydroxylation is 2. The smallest absolute Gasteiger partial charge is 0.340 e. The summed E-state index contributed by atoms with van der Waals surface area (Å²) in [5.74, 6) is -1.30. The van der Waals surface area contributed by atoms with Crippen LogP contribution in [0.15, 0.2) is 42.5 Å². The first-order chi connectivity index (χ1) is 13.9. The van der Waals surface area contributed by atoms with Crippen molar-refractivity contribution in [1.82, 2.24) is 4.98 Å². The summed E-state index contributed by atoms with van der Waals surface area (Å²) in [7, 11) is 0. The molecule has 3 aromatic rings. The van der Waals surface area contributed by atoms with E-state index in [1.165, 1.54) is 0 Å². The van der Waals surface area contributed by atoms with Crippen LogP contribution in [-0.2, 0) is 9.53 Å². The molecule has 4 rings (SSSR count). The Morgan fingerprint density at radius 3 is 2.69 bits per heavy atom. The Bertz CT molecular complexity index is 1180. The molecule has 0 bridgehead atoms. The van der Waals surface area contributed by atoms with E-state index in [4.69, 9.17) is 4.74 Å². The highest BCUT2D eigenvalue weighted by Gasteiger charge is 2.27. The van der Waals surface area contributed by atoms with Crippen LogP contribution in [0, 0.1) is 13.8 Å². The van der Waals surface area contributed by atoms with Crippen LogP contribution in [0.3, 0.4) is 0 Å². The summed E-state index contributed by atoms with van der Waals surface area (Å²) in [4.78, 5) is 41.5. The Kier molecular flexibility index (Phi) is 4.62. The summed E-state index contributed by atoms with van der Waals surface area (Å²) in [6, 6.07) is 12.6. The van der Waals surface area contributed by atoms with Gasteiger partial charge in [-0.15, -0.1) is 0 Å². The summed E-state index contributed by atoms with van der Waals surface area (Å²) in [6.45, 7) is 5.01. The lowest BCUT2D eigenvalue weighted by molar-refractivity contribution is -0.116. The van der Waals surface area contributed by atoms with Gasteiger partial charge in [-0.2, -0.15) is 0 Å². The van der Waals surface area contributed by atoms with Crippen molar-refractivity contribution in [2.24, 2.45) is 0 Å². The number of pyridine rings is 1. The molecule has 1 aromatic heterocycles. The molecule has 146 valence electrons. The van der Waals surface area contributed by atoms with Crippen molar-refractivity contribution in [1.29, 1.82) is 0 Å². The number of anilines is 1. The standard InChI is InChI=1S/C23H20N2O4/c1-12-16-6-4-5-7-18(16)24-14(3)21(12)23(28)29-11-20(26)15-8-9-19-17(10-15)13(2)22(27)25-19/h4-10,13H,11H2,1-3H3,(H,25,27)/t13-/m0/s1. The predicted molar refractivity (Wildman–Crippen MR) is 109 cm³/mol. The van der Waals surface area contributed by atoms with Crippen LogP contribution in [0.25, 0.3) is 10.9 Å². The largest absolute Gasteiger partial charge is 0.454 e. The van der Waals surface area contributed by atoms with Gasteiger partial charge in [-0.25, -0.2) is 4.79 Å². The van der Waals surface area contributed by atoms with Crippen LogP contribution in [0.4, 0.5) is 5.69 Å². The number of hydrogen-bond acceptors (Lipinski definition) is 5. The molecule has 0 fully saturated rings. The number of Topliss-reactive ketones (excluding diaryl/α,β-unsaturated/α-hetero) is 1. The number of fused-ring (bicyclic) bond motifs is 2. The fraction of sp³-hybridized carbons (Fsp3) is 0.217. The Hall–Kier alpha value is -3.54. The number of esters is 1. The third-order valence-electron chi connectivity index (χ3n) is 5.36. The molecular weight excluding hydrogens is 368 g/mol. The molecule has 0 saturated carbocycles. The van der Waals surface area contributed by atoms with Crippen molar-refractivity contribution in [2.45, 2.75) is 26.7 Å². The number of hydrogen-bond donors (Lipinski definition) is 1. The number of carbonyl (C=O) groups excluding carboxylic acids is 3. The number of amides is 1. The summed E-state index contributed by atoms with van der Waals surface area (Å²) in [6.07, 6.45) is 0. The zero-order valence-electron chi connectivity index (χ0n) is 16.4. The van der Waals surface area contributed by atoms with Crippen LogP contribution in [0.2, 0.25) is 0 Å². The average molecular weight is 388 g/mol. The summed E-state index contributed by atoms with van der Waals surface area (Å²) in [5.41, 5.74) is 4.43. The molecule has 2 heterocycles. The number of ether oxygens (including phenoxy) is 1. The highest BCUT2D eigenvalue weighted by Crippen LogP contribution is 2.32. The third kappa shape index (κ3) is 3.27. The zero-order valence-corrected chi connectivity index (χ0v) is 16.4. The number of nitrogens with zero attached hydrogens (tertiary/aromatic N) is 1. The average Bonchev–Trinajstić information content (AvgIpc) is 2.99. The first-order valence-corrected chi connectivity index (χ1v) is 9.38. The molecule has 1 amide bonds. The van der Waals surface area contributed by atoms with Gasteiger partial charge in [-0.05, 0) is 56.2 Å². The zero-order chi connectivity index (χ0) is 20.7. The van der Waals surface area contributed by atoms with Crippen LogP contribution in [0.5, 0.6) is 0 Å². The fourth-order valence-electron chi connectivity index (χ4n) is 3.71. The maximum Gasteiger partial charge on any atom is 0.340 e. The van der Waals surface area contributed by atoms with Crippen molar-refractivity contribution in [2.75, 3.05) is 11.9 Å². The van der Waals surface area contributed by atoms with Gasteiger partial charge in [0.15, 0.2) is 12.4 Å². The molecule has 2 aromatic carbocycles. The van der Waals surface area contributed by atoms with Gasteiger partial charge in [-0.1, -0.05) is 18.2 Å². The lowest BCUT2D eigenvalue weighted by atomic mass is 9.99. The molecule has 29 heavy (non-hydrogen) atoms. The number of carbonyl (C=O) groups is 3. The van der Waals surface area contributed by atoms with E-state index in [1.54, 1.807) is 32.0 Å². The van der Waals surface area contributed by atoms with Crippen LogP contribution in [-0.4, -0.2) is 29.3 Å². The number of ketones is 1. The van der Waals surface area contributed by atoms with Gasteiger partial charge < -0.3 is 10.1 Å². The molecular formula is C23H20N2O4. The Morgan fingerprint density at radius 2 is 1.90 bits per heavy atom. The molecule has 0 spiro atoms. The second kappa shape index (κ2) is 7.13. The Balaban J connectivity index is 1.53. The van der Waals surface area contributed by atoms with E-state index in [1.807, 2.05) is 31.2 Å². The first-order valence-electron chi connectivity index (χ1n) is 9.38. The van der Waals surface area contributed by atoms with Gasteiger partial charge in [0.05, 0.1) is 22.7 Å². The minimum absolute atomic E-state index is 0.0919. The Labute approximate surface area is 167 Å². The third-order valence-corrected chi connectivity index (χ3v) is 5.36. The van der Waals surface area contributed by atoms with Crippen molar-refractivity contribution in [3.63, 3.8) is 0 Å². The first kappa shape index (κ1) is 18.8. The second-order valence-electron chi connectivity index (χ2n) is 7.23. The van der Waals surface area contributed by atoms with E-state index in [-0.39, 0.29) is 24.2 Å². The maximum atomic E-state index is 12.7. The van der Waals surface area contributed by atoms with E-state index in [0.29, 0.717) is 22.5 Å². The van der Waals surface area contributed by atoms with Gasteiger partial charge in [0.25, 0.3) is 0 Å². The van der Waals surface area contributed by atoms with E-state index >= 15 is 0 Å². The molecule has 1 aliphatic heterocycles. The van der Waals surface area contributed by atoms with Gasteiger partial charge in [-0.3, -0.25) is 14.6 Å². The van der Waals surface area contributed by atoms with E-state index in [0.717, 1.165) is 22.0 Å². The molecule has 6 nitrogen and oxygen atoms in total. The summed E-state index contributed by atoms with van der Waals surface area (Å²) < 4.78 is 5.31. The molecule has 0 unspecified atom stereocenters. The second-order valence-corrected chi connectivity index (χ2v) is 7.23. The molecule has 1 aliphatic rings. The van der Waals surface area contributed by atoms with Gasteiger partial charge in [0, 0.05) is 16.6 Å². The molecule has 0 saturated heterocycles. The SMILES string of the molecule is Cc1nc2ccccc2c(C)c1C(=O)OCC(=O)c1ccc2c(c1)[C@H](C)C(=O)N2. The van der Waals surface area contributed by atoms with Crippen molar-refractivity contribution >= 4 is 34.3 Å². The molecule has 6 heteroatoms. The maximum absolute atomic E-state index is 12.7. The molecule has 1 atom stereocenters. The Morgan fingerprint density at radius 1 is 1.14 bits per heavy atom. The van der Waals surface area contributed by atoms with E-state index < -0.39 is 5.97 Å². The van der Waals surface area contributed by atoms with E-state index in [9.17, 15) is 14.4 Å². The summed E-state index contributed by atoms with van der Waals surface area (Å²) >= 11 is 0. The normalized spacial score (nSPS) is 15.1. The topological polar surface area (TPSA) is 85.4 Å². The number of aromatic nitrogens is 1. The molecule has 0 aliphatic carbocycles. The van der Waals surface area contributed by atoms with Crippen LogP contribution < -0.4 is 5.32 Å². The minimum Gasteiger partial charge on any atom is -0.454 e. The minimum atomic E-state index is -0.571. The quantitative estimate of drug-likeness (QED) is 0.540. The van der Waals surface area contributed by atoms with Crippen molar-refractivity contribution < 1.29 is 19.1 Å². The highest BCUT2D eigenvalue weighted by atomic mass is 16.5. The highest BCUT2D eigenvalue weighted by molar-refractivity contribution is 6.05. The predicted octanol–water partition coefficient (Wildman–Crippen LogP) is 3.95. The summed E-state index contributed by atoms with van der Waals surface area (Å²) in [5, 5.41) is 3.65. The fourth-order valence-corrected chi connectivity index (χ4v) is 3.71. The lowest BCUT2D eigenvalue weighted by Crippen LogP contribution is -2.17.